The molecule has 0 aliphatic carbocycles. The molecule has 0 bridgehead atoms. The van der Waals surface area contributed by atoms with Gasteiger partial charge in [-0.25, -0.2) is 0 Å². The van der Waals surface area contributed by atoms with E-state index in [4.69, 9.17) is 4.74 Å². The Labute approximate surface area is 163 Å². The lowest BCUT2D eigenvalue weighted by Crippen LogP contribution is -2.27. The summed E-state index contributed by atoms with van der Waals surface area (Å²) in [5.41, 5.74) is 3.20. The number of benzene rings is 2. The molecule has 4 rings (SSSR count). The van der Waals surface area contributed by atoms with Crippen LogP contribution in [0.4, 0.5) is 0 Å². The van der Waals surface area contributed by atoms with Crippen molar-refractivity contribution in [1.29, 1.82) is 0 Å². The molecule has 0 saturated carbocycles. The van der Waals surface area contributed by atoms with E-state index in [0.29, 0.717) is 30.8 Å². The first-order valence-corrected chi connectivity index (χ1v) is 9.37. The van der Waals surface area contributed by atoms with Crippen LogP contribution in [0, 0.1) is 0 Å². The van der Waals surface area contributed by atoms with Gasteiger partial charge in [-0.15, -0.1) is 0 Å². The van der Waals surface area contributed by atoms with Crippen LogP contribution >= 0.6 is 0 Å². The van der Waals surface area contributed by atoms with Gasteiger partial charge >= 0.3 is 0 Å². The van der Waals surface area contributed by atoms with Crippen molar-refractivity contribution in [2.24, 2.45) is 0 Å². The fourth-order valence-corrected chi connectivity index (χ4v) is 3.74. The highest BCUT2D eigenvalue weighted by atomic mass is 16.5. The summed E-state index contributed by atoms with van der Waals surface area (Å²) in [4.78, 5) is 25.5. The molecule has 142 valence electrons. The number of nitrogens with one attached hydrogen (secondary N) is 1. The van der Waals surface area contributed by atoms with Crippen LogP contribution in [-0.2, 0) is 17.9 Å². The van der Waals surface area contributed by atoms with Crippen LogP contribution in [0.2, 0.25) is 0 Å². The van der Waals surface area contributed by atoms with E-state index in [2.05, 4.69) is 5.32 Å². The molecule has 0 saturated heterocycles. The number of ketones is 1. The van der Waals surface area contributed by atoms with Gasteiger partial charge in [-0.2, -0.15) is 0 Å². The highest BCUT2D eigenvalue weighted by Crippen LogP contribution is 2.31. The lowest BCUT2D eigenvalue weighted by Gasteiger charge is -2.11. The quantitative estimate of drug-likeness (QED) is 0.672. The topological polar surface area (TPSA) is 60.3 Å². The minimum absolute atomic E-state index is 0.00992. The van der Waals surface area contributed by atoms with Crippen LogP contribution < -0.4 is 10.1 Å². The second kappa shape index (κ2) is 7.72. The molecule has 0 radical (unpaired) electrons. The van der Waals surface area contributed by atoms with E-state index < -0.39 is 0 Å². The van der Waals surface area contributed by atoms with Crippen molar-refractivity contribution < 1.29 is 14.3 Å². The van der Waals surface area contributed by atoms with Crippen molar-refractivity contribution in [2.75, 3.05) is 7.11 Å². The van der Waals surface area contributed by atoms with Gasteiger partial charge in [-0.05, 0) is 36.2 Å². The van der Waals surface area contributed by atoms with Crippen LogP contribution in [-0.4, -0.2) is 23.4 Å². The van der Waals surface area contributed by atoms with Crippen molar-refractivity contribution in [3.63, 3.8) is 0 Å². The SMILES string of the molecule is COc1cccc(CNC(=O)[C@H]2CCn3c(C(=O)c4ccccc4)ccc32)c1. The number of amides is 1. The Morgan fingerprint density at radius 2 is 1.89 bits per heavy atom. The predicted molar refractivity (Wildman–Crippen MR) is 107 cm³/mol. The van der Waals surface area contributed by atoms with Crippen molar-refractivity contribution in [3.8, 4) is 5.75 Å². The average molecular weight is 374 g/mol. The van der Waals surface area contributed by atoms with E-state index in [1.54, 1.807) is 7.11 Å². The highest BCUT2D eigenvalue weighted by molar-refractivity contribution is 6.08. The first-order chi connectivity index (χ1) is 13.7. The van der Waals surface area contributed by atoms with Gasteiger partial charge < -0.3 is 14.6 Å². The molecule has 3 aromatic rings. The standard InChI is InChI=1S/C23H22N2O3/c1-28-18-9-5-6-16(14-18)15-24-23(27)19-12-13-25-20(19)10-11-21(25)22(26)17-7-3-2-4-8-17/h2-11,14,19H,12-13,15H2,1H3,(H,24,27)/t19-/m0/s1. The van der Waals surface area contributed by atoms with Gasteiger partial charge in [-0.3, -0.25) is 9.59 Å². The maximum Gasteiger partial charge on any atom is 0.229 e. The Hall–Kier alpha value is -3.34. The molecule has 1 amide bonds. The van der Waals surface area contributed by atoms with E-state index in [-0.39, 0.29) is 17.6 Å². The summed E-state index contributed by atoms with van der Waals surface area (Å²) >= 11 is 0. The zero-order valence-electron chi connectivity index (χ0n) is 15.7. The largest absolute Gasteiger partial charge is 0.497 e. The summed E-state index contributed by atoms with van der Waals surface area (Å²) < 4.78 is 7.20. The summed E-state index contributed by atoms with van der Waals surface area (Å²) in [6.07, 6.45) is 0.704. The first-order valence-electron chi connectivity index (χ1n) is 9.37. The number of hydrogen-bond donors (Lipinski definition) is 1. The molecule has 28 heavy (non-hydrogen) atoms. The minimum atomic E-state index is -0.233. The Morgan fingerprint density at radius 3 is 2.68 bits per heavy atom. The number of carbonyl (C=O) groups is 2. The number of hydrogen-bond acceptors (Lipinski definition) is 3. The van der Waals surface area contributed by atoms with Crippen molar-refractivity contribution in [1.82, 2.24) is 9.88 Å². The predicted octanol–water partition coefficient (Wildman–Crippen LogP) is 3.53. The summed E-state index contributed by atoms with van der Waals surface area (Å²) in [6.45, 7) is 1.12. The number of carbonyl (C=O) groups excluding carboxylic acids is 2. The second-order valence-electron chi connectivity index (χ2n) is 6.90. The van der Waals surface area contributed by atoms with Gasteiger partial charge in [0.05, 0.1) is 18.7 Å². The molecule has 1 aliphatic heterocycles. The fraction of sp³-hybridized carbons (Fsp3) is 0.217. The smallest absolute Gasteiger partial charge is 0.229 e. The molecule has 0 unspecified atom stereocenters. The molecular formula is C23H22N2O3. The van der Waals surface area contributed by atoms with Gasteiger partial charge in [0.25, 0.3) is 0 Å². The van der Waals surface area contributed by atoms with Gasteiger partial charge in [0, 0.05) is 24.3 Å². The molecule has 5 heteroatoms. The number of aromatic nitrogens is 1. The number of ether oxygens (including phenoxy) is 1. The average Bonchev–Trinajstić information content (AvgIpc) is 3.34. The molecule has 1 aliphatic rings. The lowest BCUT2D eigenvalue weighted by atomic mass is 10.0. The minimum Gasteiger partial charge on any atom is -0.497 e. The molecule has 1 N–H and O–H groups in total. The Morgan fingerprint density at radius 1 is 1.07 bits per heavy atom. The Bertz CT molecular complexity index is 1010. The lowest BCUT2D eigenvalue weighted by molar-refractivity contribution is -0.122. The fourth-order valence-electron chi connectivity index (χ4n) is 3.74. The van der Waals surface area contributed by atoms with Gasteiger partial charge in [0.1, 0.15) is 5.75 Å². The number of fused-ring (bicyclic) bond motifs is 1. The van der Waals surface area contributed by atoms with E-state index in [1.165, 1.54) is 0 Å². The molecule has 0 fully saturated rings. The summed E-state index contributed by atoms with van der Waals surface area (Å²) in [7, 11) is 1.62. The normalized spacial score (nSPS) is 15.1. The van der Waals surface area contributed by atoms with Crippen LogP contribution in [0.5, 0.6) is 5.75 Å². The zero-order valence-corrected chi connectivity index (χ0v) is 15.7. The number of nitrogens with zero attached hydrogens (tertiary/aromatic N) is 1. The van der Waals surface area contributed by atoms with Crippen LogP contribution in [0.3, 0.4) is 0 Å². The Kier molecular flexibility index (Phi) is 4.98. The third-order valence-electron chi connectivity index (χ3n) is 5.20. The van der Waals surface area contributed by atoms with Gasteiger partial charge in [-0.1, -0.05) is 42.5 Å². The third-order valence-corrected chi connectivity index (χ3v) is 5.20. The van der Waals surface area contributed by atoms with E-state index in [9.17, 15) is 9.59 Å². The molecule has 1 aromatic heterocycles. The van der Waals surface area contributed by atoms with Crippen LogP contribution in [0.1, 0.15) is 39.6 Å². The first kappa shape index (κ1) is 18.0. The van der Waals surface area contributed by atoms with Crippen LogP contribution in [0.25, 0.3) is 0 Å². The van der Waals surface area contributed by atoms with Crippen molar-refractivity contribution in [2.45, 2.75) is 25.4 Å². The van der Waals surface area contributed by atoms with E-state index in [0.717, 1.165) is 17.0 Å². The van der Waals surface area contributed by atoms with Crippen LogP contribution in [0.15, 0.2) is 66.7 Å². The molecular weight excluding hydrogens is 352 g/mol. The molecule has 2 aromatic carbocycles. The molecule has 2 heterocycles. The molecule has 5 nitrogen and oxygen atoms in total. The molecule has 0 spiro atoms. The third kappa shape index (κ3) is 3.43. The number of methoxy groups -OCH3 is 1. The monoisotopic (exact) mass is 374 g/mol. The maximum absolute atomic E-state index is 12.8. The molecule has 1 atom stereocenters. The van der Waals surface area contributed by atoms with E-state index >= 15 is 0 Å². The summed E-state index contributed by atoms with van der Waals surface area (Å²) in [6, 6.07) is 20.6. The summed E-state index contributed by atoms with van der Waals surface area (Å²) in [5.74, 6) is 0.510. The van der Waals surface area contributed by atoms with Crippen molar-refractivity contribution in [3.05, 3.63) is 89.2 Å². The van der Waals surface area contributed by atoms with Crippen molar-refractivity contribution >= 4 is 11.7 Å². The Balaban J connectivity index is 1.47. The van der Waals surface area contributed by atoms with Gasteiger partial charge in [0.2, 0.25) is 11.7 Å². The van der Waals surface area contributed by atoms with Gasteiger partial charge in [0.15, 0.2) is 0 Å². The zero-order chi connectivity index (χ0) is 19.5. The highest BCUT2D eigenvalue weighted by Gasteiger charge is 2.31. The maximum atomic E-state index is 12.8. The second-order valence-corrected chi connectivity index (χ2v) is 6.90. The number of rotatable bonds is 6. The summed E-state index contributed by atoms with van der Waals surface area (Å²) in [5, 5.41) is 3.01. The van der Waals surface area contributed by atoms with E-state index in [1.807, 2.05) is 71.3 Å².